The molecule has 1 aromatic rings. The Morgan fingerprint density at radius 1 is 1.50 bits per heavy atom. The van der Waals surface area contributed by atoms with E-state index in [1.807, 2.05) is 0 Å². The van der Waals surface area contributed by atoms with Crippen LogP contribution in [0.3, 0.4) is 0 Å². The average molecular weight is 252 g/mol. The van der Waals surface area contributed by atoms with Gasteiger partial charge in [-0.2, -0.15) is 0 Å². The molecule has 1 atom stereocenters. The Labute approximate surface area is 105 Å². The number of piperidine rings is 1. The van der Waals surface area contributed by atoms with E-state index in [2.05, 4.69) is 5.32 Å². The summed E-state index contributed by atoms with van der Waals surface area (Å²) < 4.78 is 4.89. The van der Waals surface area contributed by atoms with Gasteiger partial charge in [0.2, 0.25) is 0 Å². The van der Waals surface area contributed by atoms with Crippen molar-refractivity contribution in [3.8, 4) is 0 Å². The number of carboxylic acids is 1. The minimum atomic E-state index is -0.937. The first-order valence-electron chi connectivity index (χ1n) is 5.97. The zero-order valence-electron chi connectivity index (χ0n) is 9.96. The molecule has 6 heteroatoms. The highest BCUT2D eigenvalue weighted by Crippen LogP contribution is 2.17. The van der Waals surface area contributed by atoms with Gasteiger partial charge in [0.1, 0.15) is 6.04 Å². The zero-order valence-corrected chi connectivity index (χ0v) is 9.96. The number of nitrogens with zero attached hydrogens (tertiary/aromatic N) is 1. The van der Waals surface area contributed by atoms with Gasteiger partial charge in [0.05, 0.1) is 12.5 Å². The lowest BCUT2D eigenvalue weighted by molar-refractivity contribution is -0.143. The number of amides is 2. The summed E-state index contributed by atoms with van der Waals surface area (Å²) in [6.07, 6.45) is 5.30. The van der Waals surface area contributed by atoms with Crippen molar-refractivity contribution in [1.29, 1.82) is 0 Å². The molecule has 2 amide bonds. The smallest absolute Gasteiger partial charge is 0.326 e. The van der Waals surface area contributed by atoms with Gasteiger partial charge in [-0.3, -0.25) is 0 Å². The van der Waals surface area contributed by atoms with Crippen molar-refractivity contribution in [1.82, 2.24) is 10.2 Å². The van der Waals surface area contributed by atoms with Gasteiger partial charge < -0.3 is 19.7 Å². The van der Waals surface area contributed by atoms with E-state index in [-0.39, 0.29) is 6.03 Å². The average Bonchev–Trinajstić information content (AvgIpc) is 2.89. The quantitative estimate of drug-likeness (QED) is 0.852. The van der Waals surface area contributed by atoms with Crippen molar-refractivity contribution < 1.29 is 19.1 Å². The van der Waals surface area contributed by atoms with Crippen LogP contribution in [-0.4, -0.2) is 34.6 Å². The van der Waals surface area contributed by atoms with Gasteiger partial charge in [0.15, 0.2) is 0 Å². The number of aliphatic carboxylic acids is 1. The molecule has 98 valence electrons. The summed E-state index contributed by atoms with van der Waals surface area (Å²) in [6.45, 7) is 0.840. The lowest BCUT2D eigenvalue weighted by Crippen LogP contribution is -2.51. The van der Waals surface area contributed by atoms with Crippen LogP contribution < -0.4 is 5.32 Å². The number of likely N-dealkylation sites (tertiary alicyclic amines) is 1. The molecule has 1 aliphatic rings. The molecule has 18 heavy (non-hydrogen) atoms. The van der Waals surface area contributed by atoms with E-state index in [0.717, 1.165) is 18.4 Å². The number of urea groups is 1. The lowest BCUT2D eigenvalue weighted by atomic mass is 10.0. The molecule has 1 aromatic heterocycles. The molecule has 0 spiro atoms. The third kappa shape index (κ3) is 2.82. The van der Waals surface area contributed by atoms with Crippen LogP contribution in [0.5, 0.6) is 0 Å². The number of rotatable bonds is 3. The summed E-state index contributed by atoms with van der Waals surface area (Å²) in [5.41, 5.74) is 0.854. The van der Waals surface area contributed by atoms with Gasteiger partial charge in [-0.05, 0) is 25.3 Å². The van der Waals surface area contributed by atoms with Gasteiger partial charge in [-0.15, -0.1) is 0 Å². The van der Waals surface area contributed by atoms with Crippen LogP contribution >= 0.6 is 0 Å². The third-order valence-corrected chi connectivity index (χ3v) is 3.07. The molecule has 1 unspecified atom stereocenters. The minimum Gasteiger partial charge on any atom is -0.480 e. The maximum atomic E-state index is 11.9. The van der Waals surface area contributed by atoms with E-state index in [0.29, 0.717) is 19.5 Å². The van der Waals surface area contributed by atoms with Gasteiger partial charge in [-0.25, -0.2) is 9.59 Å². The first-order chi connectivity index (χ1) is 8.68. The summed E-state index contributed by atoms with van der Waals surface area (Å²) >= 11 is 0. The number of carbonyl (C=O) groups is 2. The molecule has 0 saturated carbocycles. The summed E-state index contributed by atoms with van der Waals surface area (Å²) in [7, 11) is 0. The molecule has 2 N–H and O–H groups in total. The van der Waals surface area contributed by atoms with Crippen molar-refractivity contribution in [2.45, 2.75) is 31.8 Å². The molecule has 2 heterocycles. The molecular weight excluding hydrogens is 236 g/mol. The fraction of sp³-hybridized carbons (Fsp3) is 0.500. The van der Waals surface area contributed by atoms with Crippen LogP contribution in [0.15, 0.2) is 23.0 Å². The summed E-state index contributed by atoms with van der Waals surface area (Å²) in [6, 6.07) is 0.719. The number of carbonyl (C=O) groups excluding carboxylic acids is 1. The first-order valence-corrected chi connectivity index (χ1v) is 5.97. The lowest BCUT2D eigenvalue weighted by Gasteiger charge is -2.32. The molecule has 6 nitrogen and oxygen atoms in total. The van der Waals surface area contributed by atoms with Crippen molar-refractivity contribution in [3.05, 3.63) is 24.2 Å². The Morgan fingerprint density at radius 3 is 3.00 bits per heavy atom. The monoisotopic (exact) mass is 252 g/mol. The molecule has 0 radical (unpaired) electrons. The Bertz CT molecular complexity index is 416. The number of nitrogens with one attached hydrogen (secondary N) is 1. The van der Waals surface area contributed by atoms with E-state index in [9.17, 15) is 9.59 Å². The maximum absolute atomic E-state index is 11.9. The predicted octanol–water partition coefficient (Wildman–Crippen LogP) is 1.43. The topological polar surface area (TPSA) is 82.8 Å². The van der Waals surface area contributed by atoms with E-state index in [4.69, 9.17) is 9.52 Å². The maximum Gasteiger partial charge on any atom is 0.326 e. The zero-order chi connectivity index (χ0) is 13.0. The molecule has 1 aliphatic heterocycles. The Morgan fingerprint density at radius 2 is 2.33 bits per heavy atom. The molecule has 0 aromatic carbocycles. The van der Waals surface area contributed by atoms with E-state index >= 15 is 0 Å². The minimum absolute atomic E-state index is 0.330. The predicted molar refractivity (Wildman–Crippen MR) is 62.9 cm³/mol. The second kappa shape index (κ2) is 5.57. The highest BCUT2D eigenvalue weighted by molar-refractivity contribution is 5.82. The second-order valence-corrected chi connectivity index (χ2v) is 4.33. The fourth-order valence-corrected chi connectivity index (χ4v) is 2.10. The summed E-state index contributed by atoms with van der Waals surface area (Å²) in [5, 5.41) is 11.8. The largest absolute Gasteiger partial charge is 0.480 e. The summed E-state index contributed by atoms with van der Waals surface area (Å²) in [5.74, 6) is -0.937. The highest BCUT2D eigenvalue weighted by atomic mass is 16.4. The highest BCUT2D eigenvalue weighted by Gasteiger charge is 2.31. The van der Waals surface area contributed by atoms with E-state index in [1.165, 1.54) is 11.2 Å². The van der Waals surface area contributed by atoms with Crippen LogP contribution in [0.4, 0.5) is 4.79 Å². The molecule has 1 saturated heterocycles. The molecule has 0 bridgehead atoms. The van der Waals surface area contributed by atoms with E-state index < -0.39 is 12.0 Å². The molecule has 1 fully saturated rings. The molecule has 0 aliphatic carbocycles. The SMILES string of the molecule is O=C(O)C1CCCCN1C(=O)NCc1ccoc1. The Balaban J connectivity index is 1.92. The van der Waals surface area contributed by atoms with Crippen molar-refractivity contribution >= 4 is 12.0 Å². The molecule has 2 rings (SSSR count). The number of carboxylic acid groups (broad SMARTS) is 1. The standard InChI is InChI=1S/C12H16N2O4/c15-11(16)10-3-1-2-5-14(10)12(17)13-7-9-4-6-18-8-9/h4,6,8,10H,1-3,5,7H2,(H,13,17)(H,15,16). The van der Waals surface area contributed by atoms with Crippen molar-refractivity contribution in [3.63, 3.8) is 0 Å². The van der Waals surface area contributed by atoms with Crippen molar-refractivity contribution in [2.24, 2.45) is 0 Å². The van der Waals surface area contributed by atoms with Gasteiger partial charge >= 0.3 is 12.0 Å². The third-order valence-electron chi connectivity index (χ3n) is 3.07. The van der Waals surface area contributed by atoms with Crippen LogP contribution in [0.1, 0.15) is 24.8 Å². The van der Waals surface area contributed by atoms with Crippen molar-refractivity contribution in [2.75, 3.05) is 6.54 Å². The number of hydrogen-bond donors (Lipinski definition) is 2. The molecular formula is C12H16N2O4. The number of furan rings is 1. The second-order valence-electron chi connectivity index (χ2n) is 4.33. The van der Waals surface area contributed by atoms with Gasteiger partial charge in [0.25, 0.3) is 0 Å². The Kier molecular flexibility index (Phi) is 3.86. The van der Waals surface area contributed by atoms with Crippen LogP contribution in [0, 0.1) is 0 Å². The Hall–Kier alpha value is -1.98. The first kappa shape index (κ1) is 12.5. The normalized spacial score (nSPS) is 19.6. The van der Waals surface area contributed by atoms with Crippen LogP contribution in [0.25, 0.3) is 0 Å². The summed E-state index contributed by atoms with van der Waals surface area (Å²) in [4.78, 5) is 24.4. The fourth-order valence-electron chi connectivity index (χ4n) is 2.10. The van der Waals surface area contributed by atoms with Gasteiger partial charge in [0, 0.05) is 18.7 Å². The van der Waals surface area contributed by atoms with Gasteiger partial charge in [-0.1, -0.05) is 0 Å². The number of hydrogen-bond acceptors (Lipinski definition) is 3. The van der Waals surface area contributed by atoms with Crippen LogP contribution in [0.2, 0.25) is 0 Å². The van der Waals surface area contributed by atoms with E-state index in [1.54, 1.807) is 12.3 Å². The van der Waals surface area contributed by atoms with Crippen LogP contribution in [-0.2, 0) is 11.3 Å².